The van der Waals surface area contributed by atoms with Crippen LogP contribution in [0.25, 0.3) is 0 Å². The molecule has 1 aromatic carbocycles. The van der Waals surface area contributed by atoms with Crippen molar-refractivity contribution in [1.29, 1.82) is 0 Å². The number of carbonyl (C=O) groups is 1. The zero-order valence-electron chi connectivity index (χ0n) is 11.9. The summed E-state index contributed by atoms with van der Waals surface area (Å²) in [5.41, 5.74) is -3.70. The highest BCUT2D eigenvalue weighted by atomic mass is 32.1. The van der Waals surface area contributed by atoms with E-state index in [1.54, 1.807) is 17.5 Å². The largest absolute Gasteiger partial charge is 0.438 e. The zero-order chi connectivity index (χ0) is 17.5. The lowest BCUT2D eigenvalue weighted by atomic mass is 10.0. The number of hydrogen-bond acceptors (Lipinski definition) is 4. The fourth-order valence-corrected chi connectivity index (χ4v) is 2.98. The number of thiophene rings is 1. The first-order valence-electron chi connectivity index (χ1n) is 6.73. The molecule has 0 bridgehead atoms. The van der Waals surface area contributed by atoms with Crippen molar-refractivity contribution in [2.24, 2.45) is 5.10 Å². The lowest BCUT2D eigenvalue weighted by Crippen LogP contribution is -2.56. The molecular formula is C15H10F4N2O2S. The van der Waals surface area contributed by atoms with Gasteiger partial charge in [-0.15, -0.1) is 11.3 Å². The highest BCUT2D eigenvalue weighted by Gasteiger charge is 2.63. The van der Waals surface area contributed by atoms with E-state index in [0.717, 1.165) is 35.6 Å². The van der Waals surface area contributed by atoms with Crippen molar-refractivity contribution in [2.75, 3.05) is 0 Å². The molecular weight excluding hydrogens is 348 g/mol. The second-order valence-corrected chi connectivity index (χ2v) is 6.09. The summed E-state index contributed by atoms with van der Waals surface area (Å²) in [6, 6.07) is 7.13. The van der Waals surface area contributed by atoms with Crippen LogP contribution >= 0.6 is 11.3 Å². The van der Waals surface area contributed by atoms with Crippen LogP contribution in [0.15, 0.2) is 46.9 Å². The molecule has 1 aliphatic rings. The van der Waals surface area contributed by atoms with Gasteiger partial charge in [0.2, 0.25) is 0 Å². The minimum Gasteiger partial charge on any atom is -0.362 e. The average Bonchev–Trinajstić information content (AvgIpc) is 3.14. The quantitative estimate of drug-likeness (QED) is 0.837. The number of aliphatic hydroxyl groups is 1. The number of hydrazone groups is 1. The highest BCUT2D eigenvalue weighted by Crippen LogP contribution is 2.42. The molecule has 0 saturated carbocycles. The first-order valence-corrected chi connectivity index (χ1v) is 7.61. The van der Waals surface area contributed by atoms with Crippen molar-refractivity contribution in [3.8, 4) is 0 Å². The summed E-state index contributed by atoms with van der Waals surface area (Å²) in [5.74, 6) is -1.80. The molecule has 1 N–H and O–H groups in total. The van der Waals surface area contributed by atoms with Gasteiger partial charge in [0.05, 0.1) is 17.0 Å². The van der Waals surface area contributed by atoms with Gasteiger partial charge in [-0.25, -0.2) is 4.39 Å². The molecule has 2 heterocycles. The van der Waals surface area contributed by atoms with Gasteiger partial charge in [-0.3, -0.25) is 4.79 Å². The number of carbonyl (C=O) groups excluding carboxylic acids is 1. The number of alkyl halides is 3. The number of halogens is 4. The van der Waals surface area contributed by atoms with E-state index in [0.29, 0.717) is 4.88 Å². The standard InChI is InChI=1S/C15H10F4N2O2S/c16-10-5-3-9(4-6-10)13(22)21-14(23,15(17,18)19)8-11(20-21)12-2-1-7-24-12/h1-7,23H,8H2/t14-/m1/s1. The second-order valence-electron chi connectivity index (χ2n) is 5.14. The van der Waals surface area contributed by atoms with Crippen LogP contribution < -0.4 is 0 Å². The molecule has 24 heavy (non-hydrogen) atoms. The lowest BCUT2D eigenvalue weighted by molar-refractivity contribution is -0.297. The number of nitrogens with zero attached hydrogens (tertiary/aromatic N) is 2. The molecule has 0 spiro atoms. The maximum atomic E-state index is 13.4. The summed E-state index contributed by atoms with van der Waals surface area (Å²) in [4.78, 5) is 12.8. The predicted molar refractivity (Wildman–Crippen MR) is 79.0 cm³/mol. The van der Waals surface area contributed by atoms with Crippen LogP contribution in [0.4, 0.5) is 17.6 Å². The smallest absolute Gasteiger partial charge is 0.362 e. The Hall–Kier alpha value is -2.26. The van der Waals surface area contributed by atoms with Gasteiger partial charge >= 0.3 is 6.18 Å². The lowest BCUT2D eigenvalue weighted by Gasteiger charge is -2.32. The molecule has 0 fully saturated rings. The third kappa shape index (κ3) is 2.69. The van der Waals surface area contributed by atoms with Gasteiger partial charge < -0.3 is 5.11 Å². The topological polar surface area (TPSA) is 52.9 Å². The summed E-state index contributed by atoms with van der Waals surface area (Å²) < 4.78 is 53.1. The summed E-state index contributed by atoms with van der Waals surface area (Å²) in [6.45, 7) is 0. The Morgan fingerprint density at radius 1 is 1.25 bits per heavy atom. The van der Waals surface area contributed by atoms with Crippen LogP contribution in [0.1, 0.15) is 21.7 Å². The minimum absolute atomic E-state index is 0.0231. The van der Waals surface area contributed by atoms with Crippen LogP contribution in [-0.4, -0.2) is 33.6 Å². The Morgan fingerprint density at radius 2 is 1.92 bits per heavy atom. The molecule has 4 nitrogen and oxygen atoms in total. The molecule has 0 radical (unpaired) electrons. The van der Waals surface area contributed by atoms with Gasteiger partial charge in [0, 0.05) is 5.56 Å². The van der Waals surface area contributed by atoms with Crippen molar-refractivity contribution < 1.29 is 27.5 Å². The van der Waals surface area contributed by atoms with E-state index < -0.39 is 30.0 Å². The third-order valence-electron chi connectivity index (χ3n) is 3.53. The fraction of sp³-hybridized carbons (Fsp3) is 0.200. The Kier molecular flexibility index (Phi) is 3.92. The number of hydrogen-bond donors (Lipinski definition) is 1. The predicted octanol–water partition coefficient (Wildman–Crippen LogP) is 3.39. The molecule has 1 aromatic heterocycles. The molecule has 9 heteroatoms. The van der Waals surface area contributed by atoms with Crippen molar-refractivity contribution in [1.82, 2.24) is 5.01 Å². The van der Waals surface area contributed by atoms with E-state index in [2.05, 4.69) is 5.10 Å². The first kappa shape index (κ1) is 16.6. The van der Waals surface area contributed by atoms with Crippen LogP contribution in [0.2, 0.25) is 0 Å². The molecule has 1 atom stereocenters. The minimum atomic E-state index is -5.11. The molecule has 126 valence electrons. The van der Waals surface area contributed by atoms with Crippen molar-refractivity contribution in [3.63, 3.8) is 0 Å². The Balaban J connectivity index is 2.03. The monoisotopic (exact) mass is 358 g/mol. The van der Waals surface area contributed by atoms with Gasteiger partial charge in [0.25, 0.3) is 11.6 Å². The molecule has 1 amide bonds. The van der Waals surface area contributed by atoms with Crippen molar-refractivity contribution >= 4 is 23.0 Å². The van der Waals surface area contributed by atoms with Crippen LogP contribution in [0, 0.1) is 5.82 Å². The Labute approximate surface area is 137 Å². The SMILES string of the molecule is O=C(c1ccc(F)cc1)N1N=C(c2cccs2)C[C@@]1(O)C(F)(F)F. The van der Waals surface area contributed by atoms with Crippen LogP contribution in [0.5, 0.6) is 0 Å². The summed E-state index contributed by atoms with van der Waals surface area (Å²) >= 11 is 1.15. The van der Waals surface area contributed by atoms with Gasteiger partial charge in [-0.05, 0) is 35.7 Å². The van der Waals surface area contributed by atoms with Gasteiger partial charge in [-0.2, -0.15) is 23.3 Å². The third-order valence-corrected chi connectivity index (χ3v) is 4.45. The molecule has 3 rings (SSSR count). The molecule has 0 saturated heterocycles. The van der Waals surface area contributed by atoms with Crippen LogP contribution in [-0.2, 0) is 0 Å². The number of amides is 1. The fourth-order valence-electron chi connectivity index (χ4n) is 2.27. The molecule has 0 unspecified atom stereocenters. The molecule has 2 aromatic rings. The summed E-state index contributed by atoms with van der Waals surface area (Å²) in [6.07, 6.45) is -5.98. The Morgan fingerprint density at radius 3 is 2.46 bits per heavy atom. The normalized spacial score (nSPS) is 21.0. The van der Waals surface area contributed by atoms with Gasteiger partial charge in [-0.1, -0.05) is 6.07 Å². The Bertz CT molecular complexity index is 787. The van der Waals surface area contributed by atoms with E-state index in [9.17, 15) is 27.5 Å². The van der Waals surface area contributed by atoms with E-state index >= 15 is 0 Å². The summed E-state index contributed by atoms with van der Waals surface area (Å²) in [7, 11) is 0. The van der Waals surface area contributed by atoms with Crippen LogP contribution in [0.3, 0.4) is 0 Å². The molecule has 0 aliphatic carbocycles. The van der Waals surface area contributed by atoms with E-state index in [1.165, 1.54) is 0 Å². The van der Waals surface area contributed by atoms with Crippen molar-refractivity contribution in [2.45, 2.75) is 18.3 Å². The first-order chi connectivity index (χ1) is 11.2. The second kappa shape index (κ2) is 5.67. The van der Waals surface area contributed by atoms with Crippen molar-refractivity contribution in [3.05, 3.63) is 58.0 Å². The highest BCUT2D eigenvalue weighted by molar-refractivity contribution is 7.12. The van der Waals surface area contributed by atoms with E-state index in [4.69, 9.17) is 0 Å². The summed E-state index contributed by atoms with van der Waals surface area (Å²) in [5, 5.41) is 15.5. The number of rotatable bonds is 2. The van der Waals surface area contributed by atoms with E-state index in [1.807, 2.05) is 0 Å². The number of benzene rings is 1. The van der Waals surface area contributed by atoms with Gasteiger partial charge in [0.1, 0.15) is 5.82 Å². The average molecular weight is 358 g/mol. The molecule has 1 aliphatic heterocycles. The van der Waals surface area contributed by atoms with Gasteiger partial charge in [0.15, 0.2) is 0 Å². The maximum absolute atomic E-state index is 13.4. The maximum Gasteiger partial charge on any atom is 0.438 e. The van der Waals surface area contributed by atoms with E-state index in [-0.39, 0.29) is 16.3 Å². The zero-order valence-corrected chi connectivity index (χ0v) is 12.7.